The van der Waals surface area contributed by atoms with Gasteiger partial charge in [-0.2, -0.15) is 5.10 Å². The highest BCUT2D eigenvalue weighted by Crippen LogP contribution is 2.39. The fourth-order valence-electron chi connectivity index (χ4n) is 4.40. The van der Waals surface area contributed by atoms with Crippen molar-refractivity contribution < 1.29 is 9.18 Å². The number of rotatable bonds is 4. The van der Waals surface area contributed by atoms with Crippen LogP contribution in [0.1, 0.15) is 37.4 Å². The average Bonchev–Trinajstić information content (AvgIpc) is 3.18. The van der Waals surface area contributed by atoms with Crippen molar-refractivity contribution in [3.8, 4) is 0 Å². The summed E-state index contributed by atoms with van der Waals surface area (Å²) in [5, 5.41) is 7.14. The maximum atomic E-state index is 13.8. The highest BCUT2D eigenvalue weighted by Gasteiger charge is 2.41. The molecule has 1 aromatic heterocycles. The van der Waals surface area contributed by atoms with Crippen molar-refractivity contribution >= 4 is 17.2 Å². The minimum absolute atomic E-state index is 0.0902. The Morgan fingerprint density at radius 3 is 2.81 bits per heavy atom. The molecule has 3 atom stereocenters. The van der Waals surface area contributed by atoms with Crippen LogP contribution in [0.15, 0.2) is 36.5 Å². The summed E-state index contributed by atoms with van der Waals surface area (Å²) in [6, 6.07) is 7.19. The van der Waals surface area contributed by atoms with Gasteiger partial charge in [-0.25, -0.2) is 4.39 Å². The van der Waals surface area contributed by atoms with Gasteiger partial charge in [-0.15, -0.1) is 0 Å². The maximum absolute atomic E-state index is 13.8. The first-order valence-electron chi connectivity index (χ1n) is 9.47. The fraction of sp³-hybridized carbons (Fsp3) is 0.429. The molecule has 2 aromatic rings. The van der Waals surface area contributed by atoms with E-state index in [1.807, 2.05) is 30.9 Å². The van der Waals surface area contributed by atoms with Crippen LogP contribution in [0, 0.1) is 12.7 Å². The van der Waals surface area contributed by atoms with Gasteiger partial charge in [-0.1, -0.05) is 12.1 Å². The van der Waals surface area contributed by atoms with E-state index in [1.165, 1.54) is 11.6 Å². The molecule has 0 radical (unpaired) electrons. The second-order valence-corrected chi connectivity index (χ2v) is 7.61. The van der Waals surface area contributed by atoms with Crippen LogP contribution in [-0.2, 0) is 11.8 Å². The summed E-state index contributed by atoms with van der Waals surface area (Å²) in [7, 11) is 1.96. The Balaban J connectivity index is 1.50. The SMILES string of the molecule is Cc1ccc(NC(=O)C(C)N2C3C=C(c4ccnn4C)CC2CC3)cc1F. The van der Waals surface area contributed by atoms with Gasteiger partial charge in [0.2, 0.25) is 5.91 Å². The van der Waals surface area contributed by atoms with E-state index in [9.17, 15) is 9.18 Å². The van der Waals surface area contributed by atoms with E-state index < -0.39 is 0 Å². The number of halogens is 1. The average molecular weight is 368 g/mol. The van der Waals surface area contributed by atoms with Gasteiger partial charge in [0.25, 0.3) is 0 Å². The van der Waals surface area contributed by atoms with E-state index in [1.54, 1.807) is 19.1 Å². The third kappa shape index (κ3) is 3.30. The number of carbonyl (C=O) groups is 1. The van der Waals surface area contributed by atoms with Gasteiger partial charge in [0, 0.05) is 31.0 Å². The smallest absolute Gasteiger partial charge is 0.241 e. The fourth-order valence-corrected chi connectivity index (χ4v) is 4.40. The number of hydrogen-bond donors (Lipinski definition) is 1. The molecule has 0 spiro atoms. The Labute approximate surface area is 158 Å². The lowest BCUT2D eigenvalue weighted by atomic mass is 9.97. The van der Waals surface area contributed by atoms with Crippen molar-refractivity contribution in [1.82, 2.24) is 14.7 Å². The Morgan fingerprint density at radius 1 is 1.33 bits per heavy atom. The van der Waals surface area contributed by atoms with Crippen LogP contribution in [0.2, 0.25) is 0 Å². The Morgan fingerprint density at radius 2 is 2.15 bits per heavy atom. The molecule has 1 aromatic carbocycles. The van der Waals surface area contributed by atoms with Gasteiger partial charge < -0.3 is 5.32 Å². The van der Waals surface area contributed by atoms with E-state index in [4.69, 9.17) is 0 Å². The van der Waals surface area contributed by atoms with Crippen LogP contribution in [0.25, 0.3) is 5.57 Å². The predicted molar refractivity (Wildman–Crippen MR) is 104 cm³/mol. The molecule has 1 amide bonds. The normalized spacial score (nSPS) is 23.2. The number of nitrogens with one attached hydrogen (secondary N) is 1. The van der Waals surface area contributed by atoms with Crippen LogP contribution >= 0.6 is 0 Å². The first-order chi connectivity index (χ1) is 12.9. The molecule has 0 aliphatic carbocycles. The van der Waals surface area contributed by atoms with Crippen molar-refractivity contribution in [1.29, 1.82) is 0 Å². The van der Waals surface area contributed by atoms with Gasteiger partial charge in [0.1, 0.15) is 5.82 Å². The molecular weight excluding hydrogens is 343 g/mol. The monoisotopic (exact) mass is 368 g/mol. The molecule has 3 unspecified atom stereocenters. The molecule has 27 heavy (non-hydrogen) atoms. The molecule has 2 bridgehead atoms. The number of aryl methyl sites for hydroxylation is 2. The lowest BCUT2D eigenvalue weighted by Crippen LogP contribution is -2.49. The molecule has 142 valence electrons. The second kappa shape index (κ2) is 6.93. The Kier molecular flexibility index (Phi) is 4.60. The van der Waals surface area contributed by atoms with Crippen molar-refractivity contribution in [3.05, 3.63) is 53.6 Å². The van der Waals surface area contributed by atoms with Crippen LogP contribution in [0.4, 0.5) is 10.1 Å². The number of fused-ring (bicyclic) bond motifs is 2. The van der Waals surface area contributed by atoms with Gasteiger partial charge in [-0.3, -0.25) is 14.4 Å². The summed E-state index contributed by atoms with van der Waals surface area (Å²) in [5.41, 5.74) is 3.54. The summed E-state index contributed by atoms with van der Waals surface area (Å²) in [6.45, 7) is 3.65. The molecule has 6 heteroatoms. The molecule has 3 heterocycles. The summed E-state index contributed by atoms with van der Waals surface area (Å²) in [5.74, 6) is -0.394. The third-order valence-corrected chi connectivity index (χ3v) is 5.87. The molecule has 2 aliphatic heterocycles. The highest BCUT2D eigenvalue weighted by molar-refractivity contribution is 5.94. The number of carbonyl (C=O) groups excluding carboxylic acids is 1. The predicted octanol–water partition coefficient (Wildman–Crippen LogP) is 3.51. The van der Waals surface area contributed by atoms with Crippen LogP contribution in [-0.4, -0.2) is 38.7 Å². The van der Waals surface area contributed by atoms with Crippen molar-refractivity contribution in [2.75, 3.05) is 5.32 Å². The van der Waals surface area contributed by atoms with Crippen LogP contribution in [0.3, 0.4) is 0 Å². The van der Waals surface area contributed by atoms with E-state index in [-0.39, 0.29) is 23.8 Å². The maximum Gasteiger partial charge on any atom is 0.241 e. The van der Waals surface area contributed by atoms with Crippen LogP contribution in [0.5, 0.6) is 0 Å². The number of aromatic nitrogens is 2. The number of benzene rings is 1. The minimum Gasteiger partial charge on any atom is -0.325 e. The van der Waals surface area contributed by atoms with Crippen molar-refractivity contribution in [3.63, 3.8) is 0 Å². The molecule has 2 aliphatic rings. The number of anilines is 1. The van der Waals surface area contributed by atoms with E-state index >= 15 is 0 Å². The standard InChI is InChI=1S/C21H25FN4O/c1-13-4-5-16(12-19(13)22)24-21(27)14(2)26-17-6-7-18(26)11-15(10-17)20-8-9-23-25(20)3/h4-5,8-10,12,14,17-18H,6-7,11H2,1-3H3,(H,24,27). The molecule has 1 N–H and O–H groups in total. The molecule has 1 fully saturated rings. The lowest BCUT2D eigenvalue weighted by Gasteiger charge is -2.37. The Hall–Kier alpha value is -2.47. The Bertz CT molecular complexity index is 903. The zero-order valence-corrected chi connectivity index (χ0v) is 15.9. The summed E-state index contributed by atoms with van der Waals surface area (Å²) >= 11 is 0. The first-order valence-corrected chi connectivity index (χ1v) is 9.47. The molecule has 5 nitrogen and oxygen atoms in total. The van der Waals surface area contributed by atoms with E-state index in [2.05, 4.69) is 21.4 Å². The lowest BCUT2D eigenvalue weighted by molar-refractivity contribution is -0.121. The van der Waals surface area contributed by atoms with Crippen molar-refractivity contribution in [2.45, 2.75) is 51.2 Å². The van der Waals surface area contributed by atoms with Crippen LogP contribution < -0.4 is 5.32 Å². The van der Waals surface area contributed by atoms with Gasteiger partial charge in [0.15, 0.2) is 0 Å². The molecule has 1 saturated heterocycles. The number of hydrogen-bond acceptors (Lipinski definition) is 3. The van der Waals surface area contributed by atoms with Gasteiger partial charge in [-0.05, 0) is 62.4 Å². The largest absolute Gasteiger partial charge is 0.325 e. The number of amides is 1. The molecule has 4 rings (SSSR count). The van der Waals surface area contributed by atoms with E-state index in [0.29, 0.717) is 17.3 Å². The van der Waals surface area contributed by atoms with Gasteiger partial charge in [0.05, 0.1) is 11.7 Å². The molecule has 0 saturated carbocycles. The second-order valence-electron chi connectivity index (χ2n) is 7.61. The topological polar surface area (TPSA) is 50.2 Å². The first kappa shape index (κ1) is 17.9. The number of nitrogens with zero attached hydrogens (tertiary/aromatic N) is 3. The molecular formula is C21H25FN4O. The van der Waals surface area contributed by atoms with Gasteiger partial charge >= 0.3 is 0 Å². The quantitative estimate of drug-likeness (QED) is 0.898. The third-order valence-electron chi connectivity index (χ3n) is 5.87. The zero-order chi connectivity index (χ0) is 19.1. The summed E-state index contributed by atoms with van der Waals surface area (Å²) in [4.78, 5) is 15.1. The minimum atomic E-state index is -0.303. The summed E-state index contributed by atoms with van der Waals surface area (Å²) < 4.78 is 15.7. The highest BCUT2D eigenvalue weighted by atomic mass is 19.1. The summed E-state index contributed by atoms with van der Waals surface area (Å²) in [6.07, 6.45) is 7.17. The van der Waals surface area contributed by atoms with E-state index in [0.717, 1.165) is 25.0 Å². The zero-order valence-electron chi connectivity index (χ0n) is 15.9. The van der Waals surface area contributed by atoms with Crippen molar-refractivity contribution in [2.24, 2.45) is 7.05 Å².